The lowest BCUT2D eigenvalue weighted by Gasteiger charge is -2.21. The second-order valence-electron chi connectivity index (χ2n) is 6.29. The third-order valence-electron chi connectivity index (χ3n) is 4.36. The van der Waals surface area contributed by atoms with E-state index in [4.69, 9.17) is 15.2 Å². The summed E-state index contributed by atoms with van der Waals surface area (Å²) < 4.78 is 11.5. The summed E-state index contributed by atoms with van der Waals surface area (Å²) in [4.78, 5) is 0. The molecule has 24 heavy (non-hydrogen) atoms. The molecular weight excluding hydrogens is 298 g/mol. The van der Waals surface area contributed by atoms with E-state index in [1.54, 1.807) is 7.11 Å². The number of para-hydroxylation sites is 1. The smallest absolute Gasteiger partial charge is 0.164 e. The van der Waals surface area contributed by atoms with Crippen LogP contribution in [-0.2, 0) is 6.42 Å². The van der Waals surface area contributed by atoms with Crippen molar-refractivity contribution < 1.29 is 9.47 Å². The molecule has 130 valence electrons. The van der Waals surface area contributed by atoms with Crippen LogP contribution in [0.4, 0.5) is 0 Å². The molecule has 0 fully saturated rings. The molecule has 1 unspecified atom stereocenters. The van der Waals surface area contributed by atoms with E-state index < -0.39 is 0 Å². The lowest BCUT2D eigenvalue weighted by atomic mass is 9.88. The molecule has 0 saturated carbocycles. The molecule has 0 saturated heterocycles. The maximum Gasteiger partial charge on any atom is 0.164 e. The van der Waals surface area contributed by atoms with Crippen molar-refractivity contribution in [3.05, 3.63) is 58.7 Å². The first-order chi connectivity index (χ1) is 11.6. The minimum absolute atomic E-state index is 0.265. The first kappa shape index (κ1) is 18.3. The first-order valence-corrected chi connectivity index (χ1v) is 8.66. The fourth-order valence-electron chi connectivity index (χ4n) is 3.04. The molecule has 0 amide bonds. The van der Waals surface area contributed by atoms with Gasteiger partial charge in [0, 0.05) is 5.92 Å². The number of ether oxygens (including phenoxy) is 2. The monoisotopic (exact) mass is 327 g/mol. The van der Waals surface area contributed by atoms with Crippen LogP contribution in [0.3, 0.4) is 0 Å². The number of nitrogens with two attached hydrogens (primary N) is 1. The highest BCUT2D eigenvalue weighted by atomic mass is 16.5. The summed E-state index contributed by atoms with van der Waals surface area (Å²) in [6, 6.07) is 12.6. The molecule has 0 spiro atoms. The fraction of sp³-hybridized carbons (Fsp3) is 0.429. The van der Waals surface area contributed by atoms with Crippen LogP contribution in [0.1, 0.15) is 41.5 Å². The number of hydrogen-bond donors (Lipinski definition) is 1. The average molecular weight is 327 g/mol. The second-order valence-corrected chi connectivity index (χ2v) is 6.29. The third-order valence-corrected chi connectivity index (χ3v) is 4.36. The number of rotatable bonds is 8. The number of methoxy groups -OCH3 is 1. The Bertz CT molecular complexity index is 667. The van der Waals surface area contributed by atoms with Gasteiger partial charge in [-0.1, -0.05) is 42.8 Å². The van der Waals surface area contributed by atoms with Crippen molar-refractivity contribution >= 4 is 0 Å². The highest BCUT2D eigenvalue weighted by molar-refractivity contribution is 5.48. The van der Waals surface area contributed by atoms with E-state index >= 15 is 0 Å². The predicted molar refractivity (Wildman–Crippen MR) is 100 cm³/mol. The van der Waals surface area contributed by atoms with E-state index in [2.05, 4.69) is 45.0 Å². The Labute approximate surface area is 145 Å². The topological polar surface area (TPSA) is 44.5 Å². The molecule has 0 aliphatic rings. The summed E-state index contributed by atoms with van der Waals surface area (Å²) in [5.74, 6) is 1.91. The van der Waals surface area contributed by atoms with Crippen LogP contribution in [0.5, 0.6) is 11.5 Å². The van der Waals surface area contributed by atoms with E-state index in [1.165, 1.54) is 16.7 Å². The zero-order valence-corrected chi connectivity index (χ0v) is 15.3. The van der Waals surface area contributed by atoms with Gasteiger partial charge in [-0.2, -0.15) is 0 Å². The van der Waals surface area contributed by atoms with E-state index in [1.807, 2.05) is 12.1 Å². The Morgan fingerprint density at radius 3 is 2.58 bits per heavy atom. The number of aryl methyl sites for hydroxylation is 2. The van der Waals surface area contributed by atoms with Gasteiger partial charge < -0.3 is 15.2 Å². The van der Waals surface area contributed by atoms with Crippen molar-refractivity contribution in [2.24, 2.45) is 5.73 Å². The Kier molecular flexibility index (Phi) is 6.68. The normalized spacial score (nSPS) is 12.0. The van der Waals surface area contributed by atoms with Gasteiger partial charge in [0.25, 0.3) is 0 Å². The fourth-order valence-corrected chi connectivity index (χ4v) is 3.04. The highest BCUT2D eigenvalue weighted by Gasteiger charge is 2.18. The van der Waals surface area contributed by atoms with Gasteiger partial charge in [-0.3, -0.25) is 0 Å². The van der Waals surface area contributed by atoms with Gasteiger partial charge in [-0.05, 0) is 56.0 Å². The van der Waals surface area contributed by atoms with Crippen LogP contribution in [0, 0.1) is 13.8 Å². The molecule has 0 aliphatic carbocycles. The SMILES string of the molecule is CCCOc1c(CC(CN)c2cc(C)ccc2C)cccc1OC. The van der Waals surface area contributed by atoms with Crippen LogP contribution in [-0.4, -0.2) is 20.3 Å². The lowest BCUT2D eigenvalue weighted by Crippen LogP contribution is -2.17. The molecule has 0 bridgehead atoms. The summed E-state index contributed by atoms with van der Waals surface area (Å²) in [6.07, 6.45) is 1.81. The average Bonchev–Trinajstić information content (AvgIpc) is 2.60. The van der Waals surface area contributed by atoms with E-state index in [0.717, 1.165) is 29.9 Å². The van der Waals surface area contributed by atoms with Crippen LogP contribution >= 0.6 is 0 Å². The maximum atomic E-state index is 6.12. The van der Waals surface area contributed by atoms with Crippen molar-refractivity contribution in [1.82, 2.24) is 0 Å². The standard InChI is InChI=1S/C21H29NO2/c1-5-11-24-21-17(7-6-8-20(21)23-4)13-18(14-22)19-12-15(2)9-10-16(19)3/h6-10,12,18H,5,11,13-14,22H2,1-4H3. The Morgan fingerprint density at radius 1 is 1.12 bits per heavy atom. The molecule has 2 aromatic carbocycles. The Hall–Kier alpha value is -2.00. The Balaban J connectivity index is 2.35. The lowest BCUT2D eigenvalue weighted by molar-refractivity contribution is 0.290. The molecule has 0 radical (unpaired) electrons. The van der Waals surface area contributed by atoms with Gasteiger partial charge in [-0.15, -0.1) is 0 Å². The van der Waals surface area contributed by atoms with Gasteiger partial charge in [0.2, 0.25) is 0 Å². The van der Waals surface area contributed by atoms with E-state index in [0.29, 0.717) is 13.2 Å². The predicted octanol–water partition coefficient (Wildman–Crippen LogP) is 4.39. The van der Waals surface area contributed by atoms with Crippen molar-refractivity contribution in [3.63, 3.8) is 0 Å². The quantitative estimate of drug-likeness (QED) is 0.782. The van der Waals surface area contributed by atoms with Crippen molar-refractivity contribution in [2.75, 3.05) is 20.3 Å². The van der Waals surface area contributed by atoms with Crippen molar-refractivity contribution in [3.8, 4) is 11.5 Å². The minimum Gasteiger partial charge on any atom is -0.493 e. The van der Waals surface area contributed by atoms with Gasteiger partial charge >= 0.3 is 0 Å². The largest absolute Gasteiger partial charge is 0.493 e. The molecule has 1 atom stereocenters. The first-order valence-electron chi connectivity index (χ1n) is 8.66. The Morgan fingerprint density at radius 2 is 1.92 bits per heavy atom. The van der Waals surface area contributed by atoms with Crippen LogP contribution in [0.25, 0.3) is 0 Å². The van der Waals surface area contributed by atoms with Gasteiger partial charge in [0.05, 0.1) is 13.7 Å². The molecule has 3 heteroatoms. The molecule has 0 aromatic heterocycles. The molecule has 0 heterocycles. The summed E-state index contributed by atoms with van der Waals surface area (Å²) in [7, 11) is 1.68. The second kappa shape index (κ2) is 8.74. The van der Waals surface area contributed by atoms with Gasteiger partial charge in [0.15, 0.2) is 11.5 Å². The van der Waals surface area contributed by atoms with Gasteiger partial charge in [-0.25, -0.2) is 0 Å². The number of hydrogen-bond acceptors (Lipinski definition) is 3. The van der Waals surface area contributed by atoms with Crippen molar-refractivity contribution in [2.45, 2.75) is 39.5 Å². The summed E-state index contributed by atoms with van der Waals surface area (Å²) in [5.41, 5.74) is 11.1. The summed E-state index contributed by atoms with van der Waals surface area (Å²) in [6.45, 7) is 7.67. The third kappa shape index (κ3) is 4.30. The summed E-state index contributed by atoms with van der Waals surface area (Å²) in [5, 5.41) is 0. The van der Waals surface area contributed by atoms with Crippen LogP contribution in [0.15, 0.2) is 36.4 Å². The van der Waals surface area contributed by atoms with E-state index in [-0.39, 0.29) is 5.92 Å². The zero-order chi connectivity index (χ0) is 17.5. The molecule has 0 aliphatic heterocycles. The van der Waals surface area contributed by atoms with Crippen molar-refractivity contribution in [1.29, 1.82) is 0 Å². The molecule has 3 nitrogen and oxygen atoms in total. The molecular formula is C21H29NO2. The molecule has 2 rings (SSSR count). The van der Waals surface area contributed by atoms with Gasteiger partial charge in [0.1, 0.15) is 0 Å². The number of benzene rings is 2. The maximum absolute atomic E-state index is 6.12. The molecule has 2 N–H and O–H groups in total. The minimum atomic E-state index is 0.265. The van der Waals surface area contributed by atoms with Crippen LogP contribution < -0.4 is 15.2 Å². The zero-order valence-electron chi connectivity index (χ0n) is 15.3. The molecule has 2 aromatic rings. The van der Waals surface area contributed by atoms with E-state index in [9.17, 15) is 0 Å². The van der Waals surface area contributed by atoms with Crippen LogP contribution in [0.2, 0.25) is 0 Å². The highest BCUT2D eigenvalue weighted by Crippen LogP contribution is 2.35. The summed E-state index contributed by atoms with van der Waals surface area (Å²) >= 11 is 0.